The fourth-order valence-corrected chi connectivity index (χ4v) is 1.73. The predicted octanol–water partition coefficient (Wildman–Crippen LogP) is 3.94. The number of aromatic nitrogens is 1. The van der Waals surface area contributed by atoms with Gasteiger partial charge in [0.25, 0.3) is 0 Å². The molecule has 2 rings (SSSR count). The summed E-state index contributed by atoms with van der Waals surface area (Å²) in [5.41, 5.74) is 8.60. The molecule has 0 aliphatic carbocycles. The number of pyridine rings is 1. The van der Waals surface area contributed by atoms with E-state index in [1.807, 2.05) is 0 Å². The van der Waals surface area contributed by atoms with E-state index in [2.05, 4.69) is 11.6 Å². The summed E-state index contributed by atoms with van der Waals surface area (Å²) in [7, 11) is 0. The van der Waals surface area contributed by atoms with Crippen LogP contribution in [-0.4, -0.2) is 4.98 Å². The van der Waals surface area contributed by atoms with Gasteiger partial charge in [-0.3, -0.25) is 4.98 Å². The van der Waals surface area contributed by atoms with E-state index in [-0.39, 0.29) is 5.82 Å². The van der Waals surface area contributed by atoms with E-state index in [4.69, 9.17) is 17.3 Å². The molecule has 2 aromatic rings. The van der Waals surface area contributed by atoms with E-state index in [9.17, 15) is 4.39 Å². The van der Waals surface area contributed by atoms with Crippen molar-refractivity contribution in [1.82, 2.24) is 4.98 Å². The highest BCUT2D eigenvalue weighted by Crippen LogP contribution is 2.22. The Kier molecular flexibility index (Phi) is 3.97. The molecule has 19 heavy (non-hydrogen) atoms. The lowest BCUT2D eigenvalue weighted by atomic mass is 10.1. The Morgan fingerprint density at radius 2 is 1.95 bits per heavy atom. The van der Waals surface area contributed by atoms with Gasteiger partial charge in [0.2, 0.25) is 0 Å². The van der Waals surface area contributed by atoms with Crippen molar-refractivity contribution in [2.45, 2.75) is 0 Å². The lowest BCUT2D eigenvalue weighted by Gasteiger charge is -2.06. The maximum Gasteiger partial charge on any atom is 0.123 e. The number of benzene rings is 1. The van der Waals surface area contributed by atoms with E-state index in [0.29, 0.717) is 16.4 Å². The third-order valence-corrected chi connectivity index (χ3v) is 3.01. The Morgan fingerprint density at radius 3 is 2.58 bits per heavy atom. The van der Waals surface area contributed by atoms with Crippen LogP contribution in [0.15, 0.2) is 60.3 Å². The number of nitrogens with zero attached hydrogens (tertiary/aromatic N) is 1. The molecule has 0 fully saturated rings. The van der Waals surface area contributed by atoms with Crippen LogP contribution in [0.4, 0.5) is 4.39 Å². The summed E-state index contributed by atoms with van der Waals surface area (Å²) in [6.07, 6.45) is 3.11. The van der Waals surface area contributed by atoms with Gasteiger partial charge in [0.15, 0.2) is 0 Å². The van der Waals surface area contributed by atoms with Gasteiger partial charge in [-0.15, -0.1) is 0 Å². The van der Waals surface area contributed by atoms with Gasteiger partial charge in [0.1, 0.15) is 5.82 Å². The van der Waals surface area contributed by atoms with Crippen LogP contribution >= 0.6 is 11.6 Å². The molecule has 0 aliphatic rings. The van der Waals surface area contributed by atoms with Gasteiger partial charge in [0, 0.05) is 17.3 Å². The monoisotopic (exact) mass is 274 g/mol. The topological polar surface area (TPSA) is 38.9 Å². The van der Waals surface area contributed by atoms with Crippen LogP contribution in [0.2, 0.25) is 0 Å². The van der Waals surface area contributed by atoms with E-state index < -0.39 is 0 Å². The molecule has 96 valence electrons. The minimum Gasteiger partial charge on any atom is -0.397 e. The first kappa shape index (κ1) is 13.3. The van der Waals surface area contributed by atoms with Crippen molar-refractivity contribution in [2.24, 2.45) is 5.73 Å². The molecule has 1 aromatic heterocycles. The van der Waals surface area contributed by atoms with E-state index in [0.717, 1.165) is 11.1 Å². The SMILES string of the molecule is C=C/C(Cl)=C(\N)c1ccnc(-c2ccc(F)cc2)c1. The van der Waals surface area contributed by atoms with Crippen LogP contribution in [-0.2, 0) is 0 Å². The number of halogens is 2. The van der Waals surface area contributed by atoms with Crippen molar-refractivity contribution in [2.75, 3.05) is 0 Å². The van der Waals surface area contributed by atoms with Gasteiger partial charge < -0.3 is 5.73 Å². The molecule has 0 aliphatic heterocycles. The van der Waals surface area contributed by atoms with Crippen LogP contribution < -0.4 is 5.73 Å². The molecule has 0 atom stereocenters. The summed E-state index contributed by atoms with van der Waals surface area (Å²) in [5.74, 6) is -0.283. The molecule has 0 spiro atoms. The van der Waals surface area contributed by atoms with Gasteiger partial charge in [-0.05, 0) is 42.5 Å². The van der Waals surface area contributed by atoms with Gasteiger partial charge in [0.05, 0.1) is 16.4 Å². The third kappa shape index (κ3) is 3.01. The third-order valence-electron chi connectivity index (χ3n) is 2.65. The zero-order chi connectivity index (χ0) is 13.8. The Bertz CT molecular complexity index is 633. The molecule has 0 saturated heterocycles. The molecule has 1 aromatic carbocycles. The summed E-state index contributed by atoms with van der Waals surface area (Å²) in [5, 5.41) is 0.385. The first-order valence-electron chi connectivity index (χ1n) is 5.62. The molecule has 2 N–H and O–H groups in total. The quantitative estimate of drug-likeness (QED) is 0.861. The van der Waals surface area contributed by atoms with Gasteiger partial charge in [-0.1, -0.05) is 18.2 Å². The van der Waals surface area contributed by atoms with Crippen molar-refractivity contribution in [1.29, 1.82) is 0 Å². The second-order valence-corrected chi connectivity index (χ2v) is 4.31. The predicted molar refractivity (Wildman–Crippen MR) is 76.8 cm³/mol. The maximum atomic E-state index is 12.9. The summed E-state index contributed by atoms with van der Waals surface area (Å²) in [6.45, 7) is 3.57. The number of hydrogen-bond acceptors (Lipinski definition) is 2. The van der Waals surface area contributed by atoms with Crippen LogP contribution in [0.5, 0.6) is 0 Å². The van der Waals surface area contributed by atoms with Gasteiger partial charge in [-0.25, -0.2) is 4.39 Å². The highest BCUT2D eigenvalue weighted by molar-refractivity contribution is 6.34. The fourth-order valence-electron chi connectivity index (χ4n) is 1.62. The standard InChI is InChI=1S/C15H12ClFN2/c1-2-13(16)15(18)11-7-8-19-14(9-11)10-3-5-12(17)6-4-10/h2-9H,1,18H2/b15-13+. The molecule has 2 nitrogen and oxygen atoms in total. The number of rotatable bonds is 3. The molecule has 4 heteroatoms. The van der Waals surface area contributed by atoms with Gasteiger partial charge >= 0.3 is 0 Å². The normalized spacial score (nSPS) is 11.9. The van der Waals surface area contributed by atoms with Crippen LogP contribution in [0.3, 0.4) is 0 Å². The molecule has 0 bridgehead atoms. The first-order chi connectivity index (χ1) is 9.11. The number of nitrogens with two attached hydrogens (primary N) is 1. The largest absolute Gasteiger partial charge is 0.397 e. The van der Waals surface area contributed by atoms with Crippen LogP contribution in [0.1, 0.15) is 5.56 Å². The van der Waals surface area contributed by atoms with E-state index in [1.165, 1.54) is 18.2 Å². The summed E-state index contributed by atoms with van der Waals surface area (Å²) < 4.78 is 12.9. The summed E-state index contributed by atoms with van der Waals surface area (Å²) in [4.78, 5) is 4.24. The minimum atomic E-state index is -0.283. The average molecular weight is 275 g/mol. The van der Waals surface area contributed by atoms with E-state index in [1.54, 1.807) is 30.5 Å². The molecular weight excluding hydrogens is 263 g/mol. The second-order valence-electron chi connectivity index (χ2n) is 3.90. The summed E-state index contributed by atoms with van der Waals surface area (Å²) in [6, 6.07) is 9.66. The van der Waals surface area contributed by atoms with E-state index >= 15 is 0 Å². The Hall–Kier alpha value is -2.13. The molecule has 1 heterocycles. The second kappa shape index (κ2) is 5.67. The Labute approximate surface area is 116 Å². The molecular formula is C15H12ClFN2. The van der Waals surface area contributed by atoms with Crippen molar-refractivity contribution in [3.63, 3.8) is 0 Å². The average Bonchev–Trinajstić information content (AvgIpc) is 2.46. The highest BCUT2D eigenvalue weighted by atomic mass is 35.5. The lowest BCUT2D eigenvalue weighted by molar-refractivity contribution is 0.628. The van der Waals surface area contributed by atoms with Crippen molar-refractivity contribution in [3.05, 3.63) is 71.7 Å². The Morgan fingerprint density at radius 1 is 1.26 bits per heavy atom. The molecule has 0 unspecified atom stereocenters. The summed E-state index contributed by atoms with van der Waals surface area (Å²) >= 11 is 5.94. The number of hydrogen-bond donors (Lipinski definition) is 1. The maximum absolute atomic E-state index is 12.9. The minimum absolute atomic E-state index is 0.283. The zero-order valence-corrected chi connectivity index (χ0v) is 10.9. The first-order valence-corrected chi connectivity index (χ1v) is 5.99. The van der Waals surface area contributed by atoms with Gasteiger partial charge in [-0.2, -0.15) is 0 Å². The fraction of sp³-hybridized carbons (Fsp3) is 0. The Balaban J connectivity index is 2.45. The van der Waals surface area contributed by atoms with Crippen LogP contribution in [0, 0.1) is 5.82 Å². The molecule has 0 radical (unpaired) electrons. The van der Waals surface area contributed by atoms with Crippen molar-refractivity contribution < 1.29 is 4.39 Å². The van der Waals surface area contributed by atoms with Crippen molar-refractivity contribution >= 4 is 17.3 Å². The number of allylic oxidation sites excluding steroid dienone is 2. The lowest BCUT2D eigenvalue weighted by Crippen LogP contribution is -1.99. The zero-order valence-electron chi connectivity index (χ0n) is 10.1. The highest BCUT2D eigenvalue weighted by Gasteiger charge is 2.05. The van der Waals surface area contributed by atoms with Crippen LogP contribution in [0.25, 0.3) is 17.0 Å². The van der Waals surface area contributed by atoms with Crippen molar-refractivity contribution in [3.8, 4) is 11.3 Å². The molecule has 0 amide bonds. The molecule has 0 saturated carbocycles. The smallest absolute Gasteiger partial charge is 0.123 e.